The van der Waals surface area contributed by atoms with Crippen LogP contribution in [-0.4, -0.2) is 25.9 Å². The molecule has 1 N–H and O–H groups in total. The Hall–Kier alpha value is -3.02. The Morgan fingerprint density at radius 3 is 2.44 bits per heavy atom. The summed E-state index contributed by atoms with van der Waals surface area (Å²) in [5.41, 5.74) is 3.07. The van der Waals surface area contributed by atoms with E-state index in [-0.39, 0.29) is 11.3 Å². The maximum absolute atomic E-state index is 12.7. The van der Waals surface area contributed by atoms with E-state index < -0.39 is 0 Å². The number of hydrogen-bond acceptors (Lipinski definition) is 4. The van der Waals surface area contributed by atoms with Crippen molar-refractivity contribution in [1.29, 1.82) is 0 Å². The van der Waals surface area contributed by atoms with Crippen molar-refractivity contribution >= 4 is 11.7 Å². The summed E-state index contributed by atoms with van der Waals surface area (Å²) in [4.78, 5) is 12.7. The van der Waals surface area contributed by atoms with Crippen molar-refractivity contribution in [1.82, 2.24) is 20.0 Å². The average Bonchev–Trinajstić information content (AvgIpc) is 3.02. The van der Waals surface area contributed by atoms with E-state index in [2.05, 4.69) is 20.6 Å². The number of aryl methyl sites for hydroxylation is 1. The molecule has 1 amide bonds. The molecule has 0 aliphatic carbocycles. The number of nitrogens with one attached hydrogen (secondary N) is 1. The zero-order chi connectivity index (χ0) is 18.0. The lowest BCUT2D eigenvalue weighted by Gasteiger charge is -2.17. The first-order valence-electron chi connectivity index (χ1n) is 8.11. The van der Waals surface area contributed by atoms with Gasteiger partial charge >= 0.3 is 0 Å². The van der Waals surface area contributed by atoms with Crippen molar-refractivity contribution < 1.29 is 4.79 Å². The lowest BCUT2D eigenvalue weighted by molar-refractivity contribution is 0.102. The fourth-order valence-corrected chi connectivity index (χ4v) is 2.48. The fraction of sp³-hybridized carbons (Fsp3) is 0.263. The van der Waals surface area contributed by atoms with Crippen LogP contribution in [0.1, 0.15) is 42.4 Å². The first-order chi connectivity index (χ1) is 11.8. The van der Waals surface area contributed by atoms with Crippen LogP contribution in [0.3, 0.4) is 0 Å². The monoisotopic (exact) mass is 335 g/mol. The van der Waals surface area contributed by atoms with Gasteiger partial charge in [-0.05, 0) is 31.2 Å². The molecular weight excluding hydrogens is 314 g/mol. The van der Waals surface area contributed by atoms with Crippen molar-refractivity contribution in [3.8, 4) is 5.69 Å². The van der Waals surface area contributed by atoms with E-state index in [0.717, 1.165) is 11.4 Å². The Labute approximate surface area is 146 Å². The van der Waals surface area contributed by atoms with Crippen LogP contribution in [0.4, 0.5) is 5.82 Å². The van der Waals surface area contributed by atoms with Gasteiger partial charge in [0, 0.05) is 17.8 Å². The highest BCUT2D eigenvalue weighted by atomic mass is 16.1. The standard InChI is InChI=1S/C19H21N5O/c1-13-7-9-14(10-8-13)24-12-15(17(23-24)19(2,3)4)18(25)21-16-6-5-11-20-22-16/h5-12H,1-4H3,(H,21,22,25). The van der Waals surface area contributed by atoms with Crippen LogP contribution in [0.15, 0.2) is 48.8 Å². The minimum atomic E-state index is -0.273. The molecule has 2 aromatic heterocycles. The summed E-state index contributed by atoms with van der Waals surface area (Å²) in [7, 11) is 0. The molecular formula is C19H21N5O. The largest absolute Gasteiger partial charge is 0.305 e. The molecule has 0 saturated heterocycles. The number of rotatable bonds is 3. The number of aromatic nitrogens is 4. The van der Waals surface area contributed by atoms with Gasteiger partial charge in [-0.2, -0.15) is 10.2 Å². The third kappa shape index (κ3) is 3.74. The molecule has 1 aromatic carbocycles. The summed E-state index contributed by atoms with van der Waals surface area (Å²) in [5.74, 6) is 0.166. The van der Waals surface area contributed by atoms with Crippen molar-refractivity contribution in [3.63, 3.8) is 0 Å². The summed E-state index contributed by atoms with van der Waals surface area (Å²) < 4.78 is 1.74. The van der Waals surface area contributed by atoms with Crippen LogP contribution in [-0.2, 0) is 5.41 Å². The highest BCUT2D eigenvalue weighted by molar-refractivity contribution is 6.04. The summed E-state index contributed by atoms with van der Waals surface area (Å²) >= 11 is 0. The third-order valence-corrected chi connectivity index (χ3v) is 3.78. The van der Waals surface area contributed by atoms with E-state index in [1.165, 1.54) is 5.56 Å². The van der Waals surface area contributed by atoms with Crippen LogP contribution in [0.25, 0.3) is 5.69 Å². The summed E-state index contributed by atoms with van der Waals surface area (Å²) in [6, 6.07) is 11.4. The number of anilines is 1. The van der Waals surface area contributed by atoms with Gasteiger partial charge in [-0.15, -0.1) is 5.10 Å². The number of carbonyl (C=O) groups is 1. The second-order valence-electron chi connectivity index (χ2n) is 6.98. The summed E-state index contributed by atoms with van der Waals surface area (Å²) in [5, 5.41) is 15.1. The Kier molecular flexibility index (Phi) is 4.35. The van der Waals surface area contributed by atoms with Crippen molar-refractivity contribution in [2.24, 2.45) is 0 Å². The van der Waals surface area contributed by atoms with Crippen LogP contribution in [0, 0.1) is 6.92 Å². The Balaban J connectivity index is 1.99. The van der Waals surface area contributed by atoms with Crippen molar-refractivity contribution in [2.75, 3.05) is 5.32 Å². The minimum absolute atomic E-state index is 0.246. The van der Waals surface area contributed by atoms with Crippen LogP contribution in [0.5, 0.6) is 0 Å². The smallest absolute Gasteiger partial charge is 0.260 e. The van der Waals surface area contributed by atoms with Crippen LogP contribution >= 0.6 is 0 Å². The van der Waals surface area contributed by atoms with Gasteiger partial charge in [0.15, 0.2) is 5.82 Å². The average molecular weight is 335 g/mol. The second-order valence-corrected chi connectivity index (χ2v) is 6.98. The molecule has 0 spiro atoms. The maximum Gasteiger partial charge on any atom is 0.260 e. The van der Waals surface area contributed by atoms with E-state index in [4.69, 9.17) is 0 Å². The molecule has 0 saturated carbocycles. The molecule has 3 aromatic rings. The second kappa shape index (κ2) is 6.47. The Morgan fingerprint density at radius 1 is 1.12 bits per heavy atom. The zero-order valence-electron chi connectivity index (χ0n) is 14.8. The molecule has 0 bridgehead atoms. The lowest BCUT2D eigenvalue weighted by atomic mass is 9.89. The highest BCUT2D eigenvalue weighted by Gasteiger charge is 2.26. The minimum Gasteiger partial charge on any atom is -0.305 e. The van der Waals surface area contributed by atoms with Crippen LogP contribution in [0.2, 0.25) is 0 Å². The number of hydrogen-bond donors (Lipinski definition) is 1. The molecule has 0 aliphatic heterocycles. The quantitative estimate of drug-likeness (QED) is 0.795. The molecule has 128 valence electrons. The van der Waals surface area contributed by atoms with Gasteiger partial charge < -0.3 is 5.32 Å². The van der Waals surface area contributed by atoms with Gasteiger partial charge in [-0.1, -0.05) is 38.5 Å². The molecule has 6 nitrogen and oxygen atoms in total. The number of amides is 1. The predicted molar refractivity (Wildman–Crippen MR) is 97.0 cm³/mol. The van der Waals surface area contributed by atoms with Crippen LogP contribution < -0.4 is 5.32 Å². The molecule has 25 heavy (non-hydrogen) atoms. The molecule has 3 rings (SSSR count). The van der Waals surface area contributed by atoms with Crippen molar-refractivity contribution in [2.45, 2.75) is 33.1 Å². The molecule has 6 heteroatoms. The Morgan fingerprint density at radius 2 is 1.84 bits per heavy atom. The molecule has 0 atom stereocenters. The van der Waals surface area contributed by atoms with Gasteiger partial charge in [0.2, 0.25) is 0 Å². The fourth-order valence-electron chi connectivity index (χ4n) is 2.48. The lowest BCUT2D eigenvalue weighted by Crippen LogP contribution is -2.20. The number of benzene rings is 1. The summed E-state index contributed by atoms with van der Waals surface area (Å²) in [6.07, 6.45) is 3.32. The highest BCUT2D eigenvalue weighted by Crippen LogP contribution is 2.26. The van der Waals surface area contributed by atoms with Gasteiger partial charge in [-0.25, -0.2) is 4.68 Å². The van der Waals surface area contributed by atoms with Gasteiger partial charge in [0.1, 0.15) is 0 Å². The van der Waals surface area contributed by atoms with E-state index in [9.17, 15) is 4.79 Å². The van der Waals surface area contributed by atoms with Gasteiger partial charge in [0.25, 0.3) is 5.91 Å². The third-order valence-electron chi connectivity index (χ3n) is 3.78. The predicted octanol–water partition coefficient (Wildman–Crippen LogP) is 3.52. The first kappa shape index (κ1) is 16.8. The van der Waals surface area contributed by atoms with E-state index in [0.29, 0.717) is 11.4 Å². The molecule has 0 unspecified atom stereocenters. The zero-order valence-corrected chi connectivity index (χ0v) is 14.8. The molecule has 0 fully saturated rings. The normalized spacial score (nSPS) is 11.4. The number of nitrogens with zero attached hydrogens (tertiary/aromatic N) is 4. The number of carbonyl (C=O) groups excluding carboxylic acids is 1. The van der Waals surface area contributed by atoms with Gasteiger partial charge in [0.05, 0.1) is 16.9 Å². The van der Waals surface area contributed by atoms with E-state index >= 15 is 0 Å². The van der Waals surface area contributed by atoms with Gasteiger partial charge in [-0.3, -0.25) is 4.79 Å². The maximum atomic E-state index is 12.7. The molecule has 0 aliphatic rings. The SMILES string of the molecule is Cc1ccc(-n2cc(C(=O)Nc3cccnn3)c(C(C)(C)C)n2)cc1. The Bertz CT molecular complexity index is 876. The topological polar surface area (TPSA) is 72.7 Å². The molecule has 0 radical (unpaired) electrons. The summed E-state index contributed by atoms with van der Waals surface area (Å²) in [6.45, 7) is 8.14. The molecule has 2 heterocycles. The first-order valence-corrected chi connectivity index (χ1v) is 8.11. The van der Waals surface area contributed by atoms with E-state index in [1.807, 2.05) is 52.0 Å². The van der Waals surface area contributed by atoms with Crippen molar-refractivity contribution in [3.05, 3.63) is 65.6 Å². The van der Waals surface area contributed by atoms with E-state index in [1.54, 1.807) is 29.2 Å².